The van der Waals surface area contributed by atoms with Gasteiger partial charge in [0.15, 0.2) is 16.1 Å². The maximum absolute atomic E-state index is 12.2. The Bertz CT molecular complexity index is 1110. The van der Waals surface area contributed by atoms with Gasteiger partial charge in [0.25, 0.3) is 0 Å². The van der Waals surface area contributed by atoms with Crippen LogP contribution in [-0.4, -0.2) is 31.4 Å². The van der Waals surface area contributed by atoms with Gasteiger partial charge in [0.1, 0.15) is 12.4 Å². The van der Waals surface area contributed by atoms with E-state index in [2.05, 4.69) is 20.5 Å². The summed E-state index contributed by atoms with van der Waals surface area (Å²) >= 11 is 2.70. The second-order valence-corrected chi connectivity index (χ2v) is 8.14. The quantitative estimate of drug-likeness (QED) is 0.413. The highest BCUT2D eigenvalue weighted by molar-refractivity contribution is 7.99. The molecule has 0 aliphatic carbocycles. The number of rotatable bonds is 8. The molecule has 0 spiro atoms. The molecule has 0 aliphatic rings. The molecule has 0 bridgehead atoms. The lowest BCUT2D eigenvalue weighted by atomic mass is 10.2. The molecule has 4 aromatic rings. The van der Waals surface area contributed by atoms with Crippen LogP contribution in [0.15, 0.2) is 71.3 Å². The molecule has 0 radical (unpaired) electrons. The lowest BCUT2D eigenvalue weighted by Gasteiger charge is -2.12. The number of para-hydroxylation sites is 2. The summed E-state index contributed by atoms with van der Waals surface area (Å²) in [6.07, 6.45) is 1.65. The predicted molar refractivity (Wildman–Crippen MR) is 118 cm³/mol. The van der Waals surface area contributed by atoms with Gasteiger partial charge >= 0.3 is 0 Å². The Hall–Kier alpha value is -3.17. The largest absolute Gasteiger partial charge is 0.485 e. The smallest absolute Gasteiger partial charge is 0.236 e. The normalized spacial score (nSPS) is 10.7. The fourth-order valence-corrected chi connectivity index (χ4v) is 4.07. The second kappa shape index (κ2) is 9.55. The number of anilines is 1. The summed E-state index contributed by atoms with van der Waals surface area (Å²) in [5.41, 5.74) is 1.96. The Balaban J connectivity index is 1.52. The first-order valence-electron chi connectivity index (χ1n) is 9.21. The highest BCUT2D eigenvalue weighted by atomic mass is 32.2. The Morgan fingerprint density at radius 2 is 1.93 bits per heavy atom. The Morgan fingerprint density at radius 1 is 1.13 bits per heavy atom. The topological polar surface area (TPSA) is 81.9 Å². The first-order valence-corrected chi connectivity index (χ1v) is 11.1. The van der Waals surface area contributed by atoms with Crippen LogP contribution in [0.5, 0.6) is 5.75 Å². The number of hydrogen-bond acceptors (Lipinski definition) is 7. The molecule has 1 N–H and O–H groups in total. The Morgan fingerprint density at radius 3 is 2.70 bits per heavy atom. The zero-order valence-electron chi connectivity index (χ0n) is 16.2. The van der Waals surface area contributed by atoms with Gasteiger partial charge in [-0.05, 0) is 30.7 Å². The van der Waals surface area contributed by atoms with E-state index in [9.17, 15) is 4.79 Å². The molecule has 0 fully saturated rings. The van der Waals surface area contributed by atoms with E-state index in [1.54, 1.807) is 6.20 Å². The number of ether oxygens (including phenoxy) is 1. The van der Waals surface area contributed by atoms with E-state index in [-0.39, 0.29) is 18.3 Å². The average Bonchev–Trinajstić information content (AvgIpc) is 3.42. The van der Waals surface area contributed by atoms with Crippen molar-refractivity contribution in [2.45, 2.75) is 18.7 Å². The third-order valence-corrected chi connectivity index (χ3v) is 5.79. The minimum atomic E-state index is -0.143. The highest BCUT2D eigenvalue weighted by Gasteiger charge is 2.17. The van der Waals surface area contributed by atoms with Crippen LogP contribution in [0.2, 0.25) is 0 Å². The number of thioether (sulfide) groups is 1. The van der Waals surface area contributed by atoms with Crippen molar-refractivity contribution in [2.24, 2.45) is 0 Å². The Labute approximate surface area is 182 Å². The number of carbonyl (C=O) groups is 1. The summed E-state index contributed by atoms with van der Waals surface area (Å²) in [7, 11) is 0. The van der Waals surface area contributed by atoms with E-state index in [0.717, 1.165) is 17.0 Å². The molecule has 1 amide bonds. The predicted octanol–water partition coefficient (Wildman–Crippen LogP) is 4.34. The van der Waals surface area contributed by atoms with Crippen LogP contribution in [0.1, 0.15) is 11.4 Å². The zero-order chi connectivity index (χ0) is 20.8. The van der Waals surface area contributed by atoms with Crippen molar-refractivity contribution in [1.29, 1.82) is 0 Å². The third kappa shape index (κ3) is 4.87. The Kier molecular flexibility index (Phi) is 6.41. The maximum Gasteiger partial charge on any atom is 0.236 e. The van der Waals surface area contributed by atoms with Crippen molar-refractivity contribution in [2.75, 3.05) is 11.1 Å². The van der Waals surface area contributed by atoms with E-state index < -0.39 is 0 Å². The molecule has 152 valence electrons. The number of nitrogens with one attached hydrogen (secondary N) is 1. The van der Waals surface area contributed by atoms with E-state index in [1.807, 2.05) is 71.5 Å². The molecule has 7 nitrogen and oxygen atoms in total. The van der Waals surface area contributed by atoms with Crippen molar-refractivity contribution in [3.63, 3.8) is 0 Å². The van der Waals surface area contributed by atoms with Crippen LogP contribution in [0.25, 0.3) is 5.69 Å². The molecular weight excluding hydrogens is 418 g/mol. The molecule has 9 heteroatoms. The van der Waals surface area contributed by atoms with Crippen molar-refractivity contribution in [3.8, 4) is 11.4 Å². The molecule has 4 rings (SSSR count). The van der Waals surface area contributed by atoms with Crippen LogP contribution in [0.3, 0.4) is 0 Å². The first kappa shape index (κ1) is 20.1. The van der Waals surface area contributed by atoms with Crippen LogP contribution < -0.4 is 10.1 Å². The summed E-state index contributed by atoms with van der Waals surface area (Å²) in [6, 6.07) is 17.6. The fraction of sp³-hybridized carbons (Fsp3) is 0.143. The van der Waals surface area contributed by atoms with Crippen LogP contribution >= 0.6 is 23.1 Å². The molecule has 0 atom stereocenters. The number of nitrogens with zero attached hydrogens (tertiary/aromatic N) is 4. The number of benzene rings is 2. The fourth-order valence-electron chi connectivity index (χ4n) is 2.75. The molecule has 0 unspecified atom stereocenters. The van der Waals surface area contributed by atoms with Crippen LogP contribution in [0.4, 0.5) is 5.13 Å². The molecule has 2 aromatic heterocycles. The van der Waals surface area contributed by atoms with Gasteiger partial charge in [-0.1, -0.05) is 48.2 Å². The van der Waals surface area contributed by atoms with Gasteiger partial charge in [-0.3, -0.25) is 9.36 Å². The molecule has 2 aromatic carbocycles. The van der Waals surface area contributed by atoms with E-state index in [0.29, 0.717) is 16.1 Å². The van der Waals surface area contributed by atoms with Gasteiger partial charge in [0.05, 0.1) is 5.75 Å². The molecular formula is C21H19N5O2S2. The first-order chi connectivity index (χ1) is 14.7. The van der Waals surface area contributed by atoms with E-state index in [4.69, 9.17) is 4.74 Å². The third-order valence-electron chi connectivity index (χ3n) is 4.18. The van der Waals surface area contributed by atoms with Crippen molar-refractivity contribution < 1.29 is 9.53 Å². The van der Waals surface area contributed by atoms with Crippen molar-refractivity contribution >= 4 is 34.1 Å². The lowest BCUT2D eigenvalue weighted by molar-refractivity contribution is -0.113. The van der Waals surface area contributed by atoms with Crippen LogP contribution in [0, 0.1) is 6.92 Å². The number of aryl methyl sites for hydroxylation is 1. The number of amides is 1. The molecule has 2 heterocycles. The van der Waals surface area contributed by atoms with Gasteiger partial charge in [-0.15, -0.1) is 21.5 Å². The van der Waals surface area contributed by atoms with Gasteiger partial charge in [-0.25, -0.2) is 4.98 Å². The monoisotopic (exact) mass is 437 g/mol. The maximum atomic E-state index is 12.2. The second-order valence-electron chi connectivity index (χ2n) is 6.30. The van der Waals surface area contributed by atoms with Gasteiger partial charge in [0, 0.05) is 17.3 Å². The summed E-state index contributed by atoms with van der Waals surface area (Å²) < 4.78 is 7.89. The SMILES string of the molecule is Cc1ccccc1OCc1nnc(SCC(=O)Nc2nccs2)n1-c1ccccc1. The van der Waals surface area contributed by atoms with Crippen LogP contribution in [-0.2, 0) is 11.4 Å². The van der Waals surface area contributed by atoms with Gasteiger partial charge < -0.3 is 10.1 Å². The summed E-state index contributed by atoms with van der Waals surface area (Å²) in [6.45, 7) is 2.26. The minimum Gasteiger partial charge on any atom is -0.485 e. The number of hydrogen-bond donors (Lipinski definition) is 1. The molecule has 30 heavy (non-hydrogen) atoms. The number of thiazole rings is 1. The minimum absolute atomic E-state index is 0.143. The summed E-state index contributed by atoms with van der Waals surface area (Å²) in [4.78, 5) is 16.3. The molecule has 0 aliphatic heterocycles. The summed E-state index contributed by atoms with van der Waals surface area (Å²) in [5, 5.41) is 14.4. The standard InChI is InChI=1S/C21H19N5O2S2/c1-15-7-5-6-10-17(15)28-13-18-24-25-21(26(18)16-8-3-2-4-9-16)30-14-19(27)23-20-22-11-12-29-20/h2-12H,13-14H2,1H3,(H,22,23,27). The highest BCUT2D eigenvalue weighted by Crippen LogP contribution is 2.24. The lowest BCUT2D eigenvalue weighted by Crippen LogP contribution is -2.14. The van der Waals surface area contributed by atoms with E-state index in [1.165, 1.54) is 23.1 Å². The van der Waals surface area contributed by atoms with E-state index >= 15 is 0 Å². The molecule has 0 saturated carbocycles. The van der Waals surface area contributed by atoms with Crippen molar-refractivity contribution in [3.05, 3.63) is 77.6 Å². The van der Waals surface area contributed by atoms with Gasteiger partial charge in [-0.2, -0.15) is 0 Å². The van der Waals surface area contributed by atoms with Gasteiger partial charge in [0.2, 0.25) is 5.91 Å². The number of carbonyl (C=O) groups excluding carboxylic acids is 1. The zero-order valence-corrected chi connectivity index (χ0v) is 17.8. The average molecular weight is 438 g/mol. The number of aromatic nitrogens is 4. The van der Waals surface area contributed by atoms with Crippen molar-refractivity contribution in [1.82, 2.24) is 19.7 Å². The molecule has 0 saturated heterocycles. The summed E-state index contributed by atoms with van der Waals surface area (Å²) in [5.74, 6) is 1.52.